The van der Waals surface area contributed by atoms with Crippen LogP contribution >= 0.6 is 11.6 Å². The predicted molar refractivity (Wildman–Crippen MR) is 31.8 cm³/mol. The Balaban J connectivity index is 2.67. The Morgan fingerprint density at radius 2 is 2.56 bits per heavy atom. The molecule has 2 nitrogen and oxygen atoms in total. The van der Waals surface area contributed by atoms with Gasteiger partial charge >= 0.3 is 0 Å². The van der Waals surface area contributed by atoms with Gasteiger partial charge in [0.1, 0.15) is 6.67 Å². The zero-order chi connectivity index (χ0) is 6.85. The summed E-state index contributed by atoms with van der Waals surface area (Å²) in [5, 5.41) is 2.48. The highest BCUT2D eigenvalue weighted by atomic mass is 35.5. The molecule has 1 atom stereocenters. The first-order chi connectivity index (χ1) is 4.25. The number of carbonyl (C=O) groups is 1. The molecule has 4 heteroatoms. The second-order valence-electron chi connectivity index (χ2n) is 1.70. The average molecular weight is 150 g/mol. The number of alkyl halides is 2. The van der Waals surface area contributed by atoms with Gasteiger partial charge in [0.2, 0.25) is 0 Å². The summed E-state index contributed by atoms with van der Waals surface area (Å²) in [6.45, 7) is -0.741. The van der Waals surface area contributed by atoms with Crippen molar-refractivity contribution < 1.29 is 9.18 Å². The lowest BCUT2D eigenvalue weighted by Gasteiger charge is -1.95. The first kappa shape index (κ1) is 6.55. The third-order valence-corrected chi connectivity index (χ3v) is 1.42. The van der Waals surface area contributed by atoms with Crippen molar-refractivity contribution in [2.24, 2.45) is 0 Å². The molecule has 0 aliphatic carbocycles. The fraction of sp³-hybridized carbons (Fsp3) is 0.400. The Kier molecular flexibility index (Phi) is 1.71. The summed E-state index contributed by atoms with van der Waals surface area (Å²) in [5.74, 6) is -0.362. The van der Waals surface area contributed by atoms with E-state index in [9.17, 15) is 9.18 Å². The van der Waals surface area contributed by atoms with Crippen LogP contribution in [0.2, 0.25) is 0 Å². The molecule has 1 unspecified atom stereocenters. The molecule has 1 aliphatic heterocycles. The molecule has 1 aliphatic rings. The highest BCUT2D eigenvalue weighted by Crippen LogP contribution is 2.10. The molecule has 0 bridgehead atoms. The smallest absolute Gasteiger partial charge is 0.200 e. The summed E-state index contributed by atoms with van der Waals surface area (Å²) in [7, 11) is 0. The second kappa shape index (κ2) is 2.35. The van der Waals surface area contributed by atoms with Crippen molar-refractivity contribution in [3.63, 3.8) is 0 Å². The number of hydrogen-bond donors (Lipinski definition) is 1. The average Bonchev–Trinajstić information content (AvgIpc) is 2.15. The molecule has 9 heavy (non-hydrogen) atoms. The SMILES string of the molecule is O=C1C(CF)=CNC1Cl. The van der Waals surface area contributed by atoms with E-state index in [4.69, 9.17) is 11.6 Å². The van der Waals surface area contributed by atoms with Gasteiger partial charge in [0.25, 0.3) is 0 Å². The maximum absolute atomic E-state index is 11.7. The third kappa shape index (κ3) is 1.05. The van der Waals surface area contributed by atoms with E-state index >= 15 is 0 Å². The largest absolute Gasteiger partial charge is 0.368 e. The van der Waals surface area contributed by atoms with E-state index in [1.807, 2.05) is 0 Å². The van der Waals surface area contributed by atoms with Crippen molar-refractivity contribution in [2.75, 3.05) is 6.67 Å². The van der Waals surface area contributed by atoms with Gasteiger partial charge in [0, 0.05) is 11.8 Å². The van der Waals surface area contributed by atoms with Crippen LogP contribution in [-0.2, 0) is 4.79 Å². The van der Waals surface area contributed by atoms with Gasteiger partial charge in [0.05, 0.1) is 0 Å². The molecule has 0 aromatic carbocycles. The highest BCUT2D eigenvalue weighted by molar-refractivity contribution is 6.34. The molecule has 1 N–H and O–H groups in total. The summed E-state index contributed by atoms with van der Waals surface area (Å²) in [4.78, 5) is 10.6. The van der Waals surface area contributed by atoms with Gasteiger partial charge in [-0.25, -0.2) is 4.39 Å². The molecule has 0 spiro atoms. The van der Waals surface area contributed by atoms with E-state index < -0.39 is 12.2 Å². The molecular weight excluding hydrogens is 145 g/mol. The van der Waals surface area contributed by atoms with Crippen LogP contribution in [-0.4, -0.2) is 18.0 Å². The van der Waals surface area contributed by atoms with Gasteiger partial charge < -0.3 is 5.32 Å². The number of hydrogen-bond acceptors (Lipinski definition) is 2. The van der Waals surface area contributed by atoms with Crippen LogP contribution in [0.3, 0.4) is 0 Å². The molecule has 0 radical (unpaired) electrons. The lowest BCUT2D eigenvalue weighted by molar-refractivity contribution is -0.115. The van der Waals surface area contributed by atoms with Crippen molar-refractivity contribution in [2.45, 2.75) is 5.50 Å². The van der Waals surface area contributed by atoms with Crippen LogP contribution < -0.4 is 5.32 Å². The number of Topliss-reactive ketones (excluding diaryl/α,β-unsaturated/α-hetero) is 1. The number of ketones is 1. The Hall–Kier alpha value is -0.570. The molecule has 50 valence electrons. The normalized spacial score (nSPS) is 25.8. The van der Waals surface area contributed by atoms with E-state index in [1.54, 1.807) is 0 Å². The number of rotatable bonds is 1. The standard InChI is InChI=1S/C5H5ClFNO/c6-5-4(9)3(1-7)2-8-5/h2,5,8H,1H2. The zero-order valence-electron chi connectivity index (χ0n) is 4.53. The fourth-order valence-electron chi connectivity index (χ4n) is 0.588. The maximum atomic E-state index is 11.7. The monoisotopic (exact) mass is 149 g/mol. The van der Waals surface area contributed by atoms with Crippen LogP contribution in [0.15, 0.2) is 11.8 Å². The summed E-state index contributed by atoms with van der Waals surface area (Å²) in [6.07, 6.45) is 1.31. The van der Waals surface area contributed by atoms with Crippen LogP contribution in [0.1, 0.15) is 0 Å². The lowest BCUT2D eigenvalue weighted by Crippen LogP contribution is -2.20. The minimum Gasteiger partial charge on any atom is -0.368 e. The quantitative estimate of drug-likeness (QED) is 0.437. The fourth-order valence-corrected chi connectivity index (χ4v) is 0.791. The highest BCUT2D eigenvalue weighted by Gasteiger charge is 2.23. The maximum Gasteiger partial charge on any atom is 0.200 e. The number of nitrogens with one attached hydrogen (secondary N) is 1. The van der Waals surface area contributed by atoms with Gasteiger partial charge in [-0.05, 0) is 0 Å². The lowest BCUT2D eigenvalue weighted by atomic mass is 10.2. The minimum atomic E-state index is -0.754. The molecule has 1 rings (SSSR count). The van der Waals surface area contributed by atoms with Crippen molar-refractivity contribution in [1.82, 2.24) is 5.32 Å². The van der Waals surface area contributed by atoms with Crippen LogP contribution in [0.5, 0.6) is 0 Å². The Bertz CT molecular complexity index is 168. The molecule has 0 saturated heterocycles. The van der Waals surface area contributed by atoms with Gasteiger partial charge in [-0.15, -0.1) is 0 Å². The molecule has 0 fully saturated rings. The molecule has 0 saturated carbocycles. The van der Waals surface area contributed by atoms with E-state index in [0.29, 0.717) is 0 Å². The van der Waals surface area contributed by atoms with E-state index in [2.05, 4.69) is 5.32 Å². The summed E-state index contributed by atoms with van der Waals surface area (Å²) >= 11 is 5.36. The zero-order valence-corrected chi connectivity index (χ0v) is 5.28. The minimum absolute atomic E-state index is 0.120. The molecule has 0 aromatic rings. The summed E-state index contributed by atoms with van der Waals surface area (Å²) in [5.41, 5.74) is -0.634. The summed E-state index contributed by atoms with van der Waals surface area (Å²) in [6, 6.07) is 0. The van der Waals surface area contributed by atoms with Crippen LogP contribution in [0, 0.1) is 0 Å². The Labute approximate surface area is 56.7 Å². The Morgan fingerprint density at radius 1 is 1.89 bits per heavy atom. The van der Waals surface area contributed by atoms with Gasteiger partial charge in [-0.2, -0.15) is 0 Å². The van der Waals surface area contributed by atoms with E-state index in [1.165, 1.54) is 6.20 Å². The molecule has 1 heterocycles. The number of halogens is 2. The van der Waals surface area contributed by atoms with Crippen molar-refractivity contribution in [1.29, 1.82) is 0 Å². The van der Waals surface area contributed by atoms with Crippen molar-refractivity contribution in [3.8, 4) is 0 Å². The van der Waals surface area contributed by atoms with E-state index in [-0.39, 0.29) is 11.4 Å². The third-order valence-electron chi connectivity index (χ3n) is 1.09. The van der Waals surface area contributed by atoms with Crippen LogP contribution in [0.25, 0.3) is 0 Å². The topological polar surface area (TPSA) is 29.1 Å². The number of carbonyl (C=O) groups excluding carboxylic acids is 1. The molecule has 0 aromatic heterocycles. The van der Waals surface area contributed by atoms with E-state index in [0.717, 1.165) is 0 Å². The first-order valence-electron chi connectivity index (χ1n) is 2.45. The first-order valence-corrected chi connectivity index (χ1v) is 2.88. The van der Waals surface area contributed by atoms with Gasteiger partial charge in [-0.3, -0.25) is 4.79 Å². The van der Waals surface area contributed by atoms with Crippen molar-refractivity contribution in [3.05, 3.63) is 11.8 Å². The predicted octanol–water partition coefficient (Wildman–Crippen LogP) is 0.577. The van der Waals surface area contributed by atoms with Gasteiger partial charge in [-0.1, -0.05) is 11.6 Å². The van der Waals surface area contributed by atoms with Crippen LogP contribution in [0.4, 0.5) is 4.39 Å². The Morgan fingerprint density at radius 3 is 2.78 bits per heavy atom. The molecule has 0 amide bonds. The van der Waals surface area contributed by atoms with Gasteiger partial charge in [0.15, 0.2) is 11.3 Å². The van der Waals surface area contributed by atoms with Crippen molar-refractivity contribution >= 4 is 17.4 Å². The second-order valence-corrected chi connectivity index (χ2v) is 2.13. The summed E-state index contributed by atoms with van der Waals surface area (Å²) < 4.78 is 11.7. The molecular formula is C5H5ClFNO.